The van der Waals surface area contributed by atoms with Crippen molar-refractivity contribution in [3.63, 3.8) is 0 Å². The highest BCUT2D eigenvalue weighted by atomic mass is 35.5. The molecular formula is C22H16ClN5. The number of tetrazole rings is 1. The van der Waals surface area contributed by atoms with Crippen LogP contribution in [0.25, 0.3) is 16.8 Å². The minimum Gasteiger partial charge on any atom is -0.323 e. The fraction of sp³-hybridized carbons (Fsp3) is 0.0455. The van der Waals surface area contributed by atoms with Gasteiger partial charge in [0.15, 0.2) is 0 Å². The molecule has 0 amide bonds. The molecule has 1 aromatic heterocycles. The van der Waals surface area contributed by atoms with E-state index >= 15 is 0 Å². The highest BCUT2D eigenvalue weighted by Crippen LogP contribution is 2.35. The van der Waals surface area contributed by atoms with E-state index < -0.39 is 0 Å². The summed E-state index contributed by atoms with van der Waals surface area (Å²) in [5, 5.41) is 16.1. The number of hydrogen-bond acceptors (Lipinski definition) is 4. The third-order valence-corrected chi connectivity index (χ3v) is 5.20. The molecule has 0 saturated heterocycles. The second-order valence-corrected chi connectivity index (χ2v) is 6.97. The number of hydrogen-bond donors (Lipinski definition) is 1. The Hall–Kier alpha value is -3.44. The first kappa shape index (κ1) is 16.7. The van der Waals surface area contributed by atoms with Gasteiger partial charge in [0, 0.05) is 10.7 Å². The molecule has 0 unspecified atom stereocenters. The van der Waals surface area contributed by atoms with E-state index in [1.165, 1.54) is 11.1 Å². The zero-order chi connectivity index (χ0) is 18.9. The number of nitrogens with zero attached hydrogens (tertiary/aromatic N) is 4. The van der Waals surface area contributed by atoms with Gasteiger partial charge in [-0.1, -0.05) is 89.5 Å². The number of nitrogens with one attached hydrogen (secondary N) is 1. The Morgan fingerprint density at radius 3 is 2.25 bits per heavy atom. The number of aromatic nitrogens is 4. The Morgan fingerprint density at radius 1 is 0.786 bits per heavy atom. The van der Waals surface area contributed by atoms with Gasteiger partial charge in [-0.3, -0.25) is 0 Å². The lowest BCUT2D eigenvalue weighted by molar-refractivity contribution is 0.586. The van der Waals surface area contributed by atoms with Gasteiger partial charge >= 0.3 is 0 Å². The predicted molar refractivity (Wildman–Crippen MR) is 111 cm³/mol. The van der Waals surface area contributed by atoms with Crippen molar-refractivity contribution in [2.75, 3.05) is 5.32 Å². The summed E-state index contributed by atoms with van der Waals surface area (Å²) < 4.78 is 1.74. The van der Waals surface area contributed by atoms with Crippen LogP contribution in [0.1, 0.15) is 17.2 Å². The van der Waals surface area contributed by atoms with Crippen LogP contribution in [-0.2, 0) is 0 Å². The number of allylic oxidation sites excluding steroid dienone is 1. The summed E-state index contributed by atoms with van der Waals surface area (Å²) in [7, 11) is 0. The van der Waals surface area contributed by atoms with Crippen LogP contribution in [0, 0.1) is 0 Å². The first-order chi connectivity index (χ1) is 13.8. The topological polar surface area (TPSA) is 55.6 Å². The lowest BCUT2D eigenvalue weighted by Crippen LogP contribution is -2.20. The lowest BCUT2D eigenvalue weighted by atomic mass is 9.99. The summed E-state index contributed by atoms with van der Waals surface area (Å²) in [5.74, 6) is 0.592. The largest absolute Gasteiger partial charge is 0.323 e. The van der Waals surface area contributed by atoms with Crippen LogP contribution in [0.2, 0.25) is 5.02 Å². The third-order valence-electron chi connectivity index (χ3n) is 4.85. The monoisotopic (exact) mass is 385 g/mol. The smallest absolute Gasteiger partial charge is 0.248 e. The number of fused-ring (bicyclic) bond motifs is 1. The molecule has 1 aliphatic rings. The van der Waals surface area contributed by atoms with E-state index in [9.17, 15) is 0 Å². The number of rotatable bonds is 3. The summed E-state index contributed by atoms with van der Waals surface area (Å²) in [6.07, 6.45) is 2.10. The number of halogens is 1. The standard InChI is InChI=1S/C22H16ClN5/c23-19-9-5-4-8-18(19)21-14-20(24-22-25-26-27-28(21)22)17-12-10-16(11-13-17)15-6-2-1-3-7-15/h1-14,21H,(H,24,25,27)/t21-/m1/s1. The number of anilines is 1. The van der Waals surface area contributed by atoms with Gasteiger partial charge in [-0.2, -0.15) is 4.68 Å². The van der Waals surface area contributed by atoms with Crippen LogP contribution in [0.4, 0.5) is 5.95 Å². The van der Waals surface area contributed by atoms with Crippen molar-refractivity contribution in [3.8, 4) is 11.1 Å². The Labute approximate surface area is 167 Å². The van der Waals surface area contributed by atoms with Gasteiger partial charge < -0.3 is 5.32 Å². The Morgan fingerprint density at radius 2 is 1.46 bits per heavy atom. The fourth-order valence-corrected chi connectivity index (χ4v) is 3.68. The summed E-state index contributed by atoms with van der Waals surface area (Å²) in [5.41, 5.74) is 5.33. The van der Waals surface area contributed by atoms with E-state index in [1.807, 2.05) is 42.5 Å². The van der Waals surface area contributed by atoms with E-state index in [4.69, 9.17) is 11.6 Å². The molecule has 3 aromatic carbocycles. The molecular weight excluding hydrogens is 370 g/mol. The fourth-order valence-electron chi connectivity index (χ4n) is 3.43. The molecule has 1 aliphatic heterocycles. The number of benzene rings is 3. The highest BCUT2D eigenvalue weighted by Gasteiger charge is 2.25. The minimum absolute atomic E-state index is 0.177. The molecule has 2 heterocycles. The zero-order valence-electron chi connectivity index (χ0n) is 14.8. The van der Waals surface area contributed by atoms with Crippen LogP contribution in [-0.4, -0.2) is 20.2 Å². The van der Waals surface area contributed by atoms with Crippen molar-refractivity contribution in [2.45, 2.75) is 6.04 Å². The average molecular weight is 386 g/mol. The molecule has 1 atom stereocenters. The molecule has 6 heteroatoms. The molecule has 28 heavy (non-hydrogen) atoms. The van der Waals surface area contributed by atoms with Crippen LogP contribution in [0.3, 0.4) is 0 Å². The van der Waals surface area contributed by atoms with Crippen molar-refractivity contribution >= 4 is 23.2 Å². The molecule has 0 spiro atoms. The van der Waals surface area contributed by atoms with E-state index in [1.54, 1.807) is 4.68 Å². The van der Waals surface area contributed by atoms with Gasteiger partial charge in [-0.25, -0.2) is 0 Å². The first-order valence-electron chi connectivity index (χ1n) is 8.96. The maximum absolute atomic E-state index is 6.44. The maximum Gasteiger partial charge on any atom is 0.248 e. The summed E-state index contributed by atoms with van der Waals surface area (Å²) in [4.78, 5) is 0. The molecule has 5 rings (SSSR count). The summed E-state index contributed by atoms with van der Waals surface area (Å²) in [6.45, 7) is 0. The highest BCUT2D eigenvalue weighted by molar-refractivity contribution is 6.31. The van der Waals surface area contributed by atoms with Gasteiger partial charge in [-0.05, 0) is 44.8 Å². The van der Waals surface area contributed by atoms with Crippen LogP contribution in [0.5, 0.6) is 0 Å². The van der Waals surface area contributed by atoms with Gasteiger partial charge in [0.25, 0.3) is 0 Å². The van der Waals surface area contributed by atoms with E-state index in [-0.39, 0.29) is 6.04 Å². The molecule has 0 bridgehead atoms. The van der Waals surface area contributed by atoms with Gasteiger partial charge in [-0.15, -0.1) is 0 Å². The lowest BCUT2D eigenvalue weighted by Gasteiger charge is -2.24. The molecule has 1 N–H and O–H groups in total. The molecule has 0 fully saturated rings. The molecule has 0 aliphatic carbocycles. The van der Waals surface area contributed by atoms with Gasteiger partial charge in [0.1, 0.15) is 6.04 Å². The Bertz CT molecular complexity index is 1150. The maximum atomic E-state index is 6.44. The summed E-state index contributed by atoms with van der Waals surface area (Å²) in [6, 6.07) is 26.3. The van der Waals surface area contributed by atoms with Crippen molar-refractivity contribution in [1.82, 2.24) is 20.2 Å². The van der Waals surface area contributed by atoms with Crippen molar-refractivity contribution in [2.24, 2.45) is 0 Å². The molecule has 0 saturated carbocycles. The SMILES string of the molecule is Clc1ccccc1[C@H]1C=C(c2ccc(-c3ccccc3)cc2)Nc2nnnn21. The Balaban J connectivity index is 1.54. The quantitative estimate of drug-likeness (QED) is 0.536. The van der Waals surface area contributed by atoms with Crippen LogP contribution >= 0.6 is 11.6 Å². The molecule has 136 valence electrons. The van der Waals surface area contributed by atoms with Gasteiger partial charge in [0.2, 0.25) is 5.95 Å². The van der Waals surface area contributed by atoms with Crippen molar-refractivity contribution in [3.05, 3.63) is 101 Å². The Kier molecular flexibility index (Phi) is 4.14. The minimum atomic E-state index is -0.177. The van der Waals surface area contributed by atoms with E-state index in [2.05, 4.69) is 63.3 Å². The summed E-state index contributed by atoms with van der Waals surface area (Å²) >= 11 is 6.44. The van der Waals surface area contributed by atoms with E-state index in [0.717, 1.165) is 16.8 Å². The predicted octanol–water partition coefficient (Wildman–Crippen LogP) is 5.05. The average Bonchev–Trinajstić information content (AvgIpc) is 3.23. The van der Waals surface area contributed by atoms with Crippen LogP contribution in [0.15, 0.2) is 84.9 Å². The first-order valence-corrected chi connectivity index (χ1v) is 9.34. The van der Waals surface area contributed by atoms with Crippen molar-refractivity contribution < 1.29 is 0 Å². The van der Waals surface area contributed by atoms with E-state index in [0.29, 0.717) is 11.0 Å². The zero-order valence-corrected chi connectivity index (χ0v) is 15.6. The van der Waals surface area contributed by atoms with Gasteiger partial charge in [0.05, 0.1) is 0 Å². The second kappa shape index (κ2) is 6.94. The molecule has 0 radical (unpaired) electrons. The molecule has 5 nitrogen and oxygen atoms in total. The molecule has 4 aromatic rings. The second-order valence-electron chi connectivity index (χ2n) is 6.56. The third kappa shape index (κ3) is 2.96. The normalized spacial score (nSPS) is 15.5. The van der Waals surface area contributed by atoms with Crippen LogP contribution < -0.4 is 5.32 Å². The van der Waals surface area contributed by atoms with Crippen molar-refractivity contribution in [1.29, 1.82) is 0 Å².